The first kappa shape index (κ1) is 16.7. The molecule has 1 N–H and O–H groups in total. The lowest BCUT2D eigenvalue weighted by molar-refractivity contribution is -0.0519. The summed E-state index contributed by atoms with van der Waals surface area (Å²) < 4.78 is 0. The summed E-state index contributed by atoms with van der Waals surface area (Å²) in [6.45, 7) is 5.86. The average molecular weight is 318 g/mol. The molecule has 2 aliphatic heterocycles. The SMILES string of the molecule is CN(C)c1ccc(CN2CCC[C@@](O)(CN3CCCC3)C2)cn1. The summed E-state index contributed by atoms with van der Waals surface area (Å²) in [6, 6.07) is 4.21. The molecular weight excluding hydrogens is 288 g/mol. The zero-order valence-electron chi connectivity index (χ0n) is 14.5. The van der Waals surface area contributed by atoms with E-state index >= 15 is 0 Å². The van der Waals surface area contributed by atoms with Gasteiger partial charge in [-0.25, -0.2) is 4.98 Å². The van der Waals surface area contributed by atoms with Crippen molar-refractivity contribution in [3.05, 3.63) is 23.9 Å². The maximum absolute atomic E-state index is 11.0. The molecule has 0 unspecified atom stereocenters. The van der Waals surface area contributed by atoms with Crippen molar-refractivity contribution in [1.29, 1.82) is 0 Å². The van der Waals surface area contributed by atoms with Crippen LogP contribution in [-0.2, 0) is 6.54 Å². The molecule has 3 heterocycles. The highest BCUT2D eigenvalue weighted by atomic mass is 16.3. The summed E-state index contributed by atoms with van der Waals surface area (Å²) >= 11 is 0. The largest absolute Gasteiger partial charge is 0.387 e. The van der Waals surface area contributed by atoms with Gasteiger partial charge in [0.25, 0.3) is 0 Å². The van der Waals surface area contributed by atoms with Gasteiger partial charge in [0.05, 0.1) is 5.60 Å². The van der Waals surface area contributed by atoms with Crippen LogP contribution in [-0.4, -0.2) is 72.3 Å². The van der Waals surface area contributed by atoms with Crippen LogP contribution in [0, 0.1) is 0 Å². The molecule has 0 spiro atoms. The molecule has 23 heavy (non-hydrogen) atoms. The van der Waals surface area contributed by atoms with Crippen LogP contribution in [0.2, 0.25) is 0 Å². The van der Waals surface area contributed by atoms with E-state index in [-0.39, 0.29) is 0 Å². The van der Waals surface area contributed by atoms with Gasteiger partial charge in [-0.05, 0) is 56.9 Å². The van der Waals surface area contributed by atoms with E-state index in [2.05, 4.69) is 26.9 Å². The minimum atomic E-state index is -0.542. The minimum absolute atomic E-state index is 0.542. The van der Waals surface area contributed by atoms with Crippen molar-refractivity contribution in [1.82, 2.24) is 14.8 Å². The van der Waals surface area contributed by atoms with Crippen molar-refractivity contribution in [2.75, 3.05) is 51.7 Å². The molecule has 0 bridgehead atoms. The van der Waals surface area contributed by atoms with Crippen molar-refractivity contribution >= 4 is 5.82 Å². The molecule has 128 valence electrons. The first-order valence-corrected chi connectivity index (χ1v) is 8.83. The number of hydrogen-bond donors (Lipinski definition) is 1. The number of likely N-dealkylation sites (tertiary alicyclic amines) is 2. The average Bonchev–Trinajstić information content (AvgIpc) is 3.00. The zero-order valence-corrected chi connectivity index (χ0v) is 14.5. The predicted molar refractivity (Wildman–Crippen MR) is 93.7 cm³/mol. The lowest BCUT2D eigenvalue weighted by Crippen LogP contribution is -2.53. The van der Waals surface area contributed by atoms with Gasteiger partial charge >= 0.3 is 0 Å². The molecule has 2 aliphatic rings. The van der Waals surface area contributed by atoms with Crippen molar-refractivity contribution in [3.63, 3.8) is 0 Å². The molecule has 5 nitrogen and oxygen atoms in total. The second-order valence-electron chi connectivity index (χ2n) is 7.44. The van der Waals surface area contributed by atoms with E-state index < -0.39 is 5.60 Å². The van der Waals surface area contributed by atoms with Gasteiger partial charge in [-0.15, -0.1) is 0 Å². The van der Waals surface area contributed by atoms with Gasteiger partial charge in [0.15, 0.2) is 0 Å². The second-order valence-corrected chi connectivity index (χ2v) is 7.44. The van der Waals surface area contributed by atoms with E-state index in [9.17, 15) is 5.11 Å². The molecule has 0 saturated carbocycles. The van der Waals surface area contributed by atoms with Crippen LogP contribution in [0.5, 0.6) is 0 Å². The Kier molecular flexibility index (Phi) is 5.19. The van der Waals surface area contributed by atoms with Crippen molar-refractivity contribution in [3.8, 4) is 0 Å². The Morgan fingerprint density at radius 3 is 2.52 bits per heavy atom. The standard InChI is InChI=1S/C18H30N4O/c1-20(2)17-7-6-16(12-19-17)13-22-11-5-8-18(23,15-22)14-21-9-3-4-10-21/h6-7,12,23H,3-5,8-11,13-15H2,1-2H3/t18-/m1/s1. The van der Waals surface area contributed by atoms with Crippen LogP contribution >= 0.6 is 0 Å². The van der Waals surface area contributed by atoms with Gasteiger partial charge in [-0.3, -0.25) is 4.90 Å². The normalized spacial score (nSPS) is 26.6. The molecule has 0 radical (unpaired) electrons. The summed E-state index contributed by atoms with van der Waals surface area (Å²) in [4.78, 5) is 11.3. The number of β-amino-alcohol motifs (C(OH)–C–C–N with tert-alkyl or cyclic N) is 1. The van der Waals surface area contributed by atoms with Gasteiger partial charge in [0, 0.05) is 39.9 Å². The van der Waals surface area contributed by atoms with E-state index in [0.29, 0.717) is 0 Å². The topological polar surface area (TPSA) is 42.8 Å². The molecule has 1 atom stereocenters. The number of anilines is 1. The number of pyridine rings is 1. The van der Waals surface area contributed by atoms with Crippen LogP contribution in [0.3, 0.4) is 0 Å². The Morgan fingerprint density at radius 1 is 1.13 bits per heavy atom. The number of aliphatic hydroxyl groups is 1. The summed E-state index contributed by atoms with van der Waals surface area (Å²) in [5.74, 6) is 0.984. The van der Waals surface area contributed by atoms with E-state index in [1.54, 1.807) is 0 Å². The fourth-order valence-electron chi connectivity index (χ4n) is 3.86. The smallest absolute Gasteiger partial charge is 0.127 e. The monoisotopic (exact) mass is 318 g/mol. The Labute approximate surface area is 139 Å². The lowest BCUT2D eigenvalue weighted by atomic mass is 9.92. The Hall–Kier alpha value is -1.17. The molecule has 5 heteroatoms. The summed E-state index contributed by atoms with van der Waals surface area (Å²) in [6.07, 6.45) is 6.53. The van der Waals surface area contributed by atoms with E-state index in [0.717, 1.165) is 57.9 Å². The van der Waals surface area contributed by atoms with Gasteiger partial charge < -0.3 is 14.9 Å². The quantitative estimate of drug-likeness (QED) is 0.893. The molecule has 0 amide bonds. The van der Waals surface area contributed by atoms with Gasteiger partial charge in [0.2, 0.25) is 0 Å². The van der Waals surface area contributed by atoms with Crippen LogP contribution in [0.15, 0.2) is 18.3 Å². The maximum atomic E-state index is 11.0. The highest BCUT2D eigenvalue weighted by molar-refractivity contribution is 5.37. The number of hydrogen-bond acceptors (Lipinski definition) is 5. The number of rotatable bonds is 5. The maximum Gasteiger partial charge on any atom is 0.127 e. The Balaban J connectivity index is 1.57. The molecule has 0 aliphatic carbocycles. The van der Waals surface area contributed by atoms with Crippen LogP contribution in [0.25, 0.3) is 0 Å². The third kappa shape index (κ3) is 4.43. The van der Waals surface area contributed by atoms with Gasteiger partial charge in [-0.2, -0.15) is 0 Å². The van der Waals surface area contributed by atoms with Crippen molar-refractivity contribution < 1.29 is 5.11 Å². The fourth-order valence-corrected chi connectivity index (χ4v) is 3.86. The van der Waals surface area contributed by atoms with Crippen molar-refractivity contribution in [2.24, 2.45) is 0 Å². The highest BCUT2D eigenvalue weighted by Gasteiger charge is 2.35. The molecule has 2 saturated heterocycles. The van der Waals surface area contributed by atoms with Crippen LogP contribution in [0.1, 0.15) is 31.2 Å². The molecule has 3 rings (SSSR count). The lowest BCUT2D eigenvalue weighted by Gasteiger charge is -2.41. The van der Waals surface area contributed by atoms with E-state index in [4.69, 9.17) is 0 Å². The Bertz CT molecular complexity index is 498. The van der Waals surface area contributed by atoms with Gasteiger partial charge in [-0.1, -0.05) is 6.07 Å². The van der Waals surface area contributed by atoms with E-state index in [1.807, 2.05) is 25.2 Å². The molecule has 1 aromatic rings. The third-order valence-corrected chi connectivity index (χ3v) is 5.02. The number of nitrogens with zero attached hydrogens (tertiary/aromatic N) is 4. The van der Waals surface area contributed by atoms with Crippen molar-refractivity contribution in [2.45, 2.75) is 37.8 Å². The summed E-state index contributed by atoms with van der Waals surface area (Å²) in [5, 5.41) is 11.0. The van der Waals surface area contributed by atoms with E-state index in [1.165, 1.54) is 18.4 Å². The third-order valence-electron chi connectivity index (χ3n) is 5.02. The van der Waals surface area contributed by atoms with Crippen LogP contribution in [0.4, 0.5) is 5.82 Å². The molecule has 2 fully saturated rings. The first-order chi connectivity index (χ1) is 11.0. The highest BCUT2D eigenvalue weighted by Crippen LogP contribution is 2.25. The number of aromatic nitrogens is 1. The summed E-state index contributed by atoms with van der Waals surface area (Å²) in [7, 11) is 4.01. The molecule has 0 aromatic carbocycles. The molecule has 1 aromatic heterocycles. The fraction of sp³-hybridized carbons (Fsp3) is 0.722. The first-order valence-electron chi connectivity index (χ1n) is 8.83. The Morgan fingerprint density at radius 2 is 1.87 bits per heavy atom. The second kappa shape index (κ2) is 7.16. The molecular formula is C18H30N4O. The summed E-state index contributed by atoms with van der Waals surface area (Å²) in [5.41, 5.74) is 0.681. The zero-order chi connectivity index (χ0) is 16.3. The van der Waals surface area contributed by atoms with Crippen LogP contribution < -0.4 is 4.90 Å². The predicted octanol–water partition coefficient (Wildman–Crippen LogP) is 1.57. The van der Waals surface area contributed by atoms with Gasteiger partial charge in [0.1, 0.15) is 5.82 Å². The minimum Gasteiger partial charge on any atom is -0.387 e. The number of piperidine rings is 1.